The third-order valence-electron chi connectivity index (χ3n) is 2.76. The largest absolute Gasteiger partial charge is 0.325 e. The Balaban J connectivity index is 1.98. The molecule has 0 unspecified atom stereocenters. The lowest BCUT2D eigenvalue weighted by Crippen LogP contribution is -2.22. The van der Waals surface area contributed by atoms with Crippen LogP contribution in [0.5, 0.6) is 0 Å². The first-order valence-electron chi connectivity index (χ1n) is 6.69. The average molecular weight is 374 g/mol. The highest BCUT2D eigenvalue weighted by atomic mass is 35.5. The number of nitrogens with zero attached hydrogens (tertiary/aromatic N) is 2. The fourth-order valence-corrected chi connectivity index (χ4v) is 4.83. The van der Waals surface area contributed by atoms with E-state index in [9.17, 15) is 4.79 Å². The summed E-state index contributed by atoms with van der Waals surface area (Å²) in [6, 6.07) is 5.45. The normalized spacial score (nSPS) is 12.2. The minimum atomic E-state index is -0.259. The van der Waals surface area contributed by atoms with Crippen molar-refractivity contribution in [3.63, 3.8) is 0 Å². The molecule has 2 rings (SSSR count). The molecule has 1 amide bonds. The number of amides is 1. The van der Waals surface area contributed by atoms with Crippen molar-refractivity contribution in [2.75, 3.05) is 11.1 Å². The molecule has 1 N–H and O–H groups in total. The van der Waals surface area contributed by atoms with Gasteiger partial charge in [0.1, 0.15) is 0 Å². The van der Waals surface area contributed by atoms with Crippen molar-refractivity contribution in [1.29, 1.82) is 0 Å². The lowest BCUT2D eigenvalue weighted by Gasteiger charge is -2.12. The van der Waals surface area contributed by atoms with Gasteiger partial charge >= 0.3 is 0 Å². The van der Waals surface area contributed by atoms with Gasteiger partial charge in [0.25, 0.3) is 0 Å². The summed E-state index contributed by atoms with van der Waals surface area (Å²) in [5, 5.41) is 11.4. The molecule has 1 heterocycles. The molecule has 0 aliphatic carbocycles. The number of halogens is 1. The molecule has 0 aliphatic heterocycles. The van der Waals surface area contributed by atoms with Crippen molar-refractivity contribution >= 4 is 58.1 Å². The molecule has 0 fully saturated rings. The third-order valence-corrected chi connectivity index (χ3v) is 6.12. The Morgan fingerprint density at radius 3 is 2.86 bits per heavy atom. The van der Waals surface area contributed by atoms with Gasteiger partial charge < -0.3 is 5.32 Å². The molecule has 0 spiro atoms. The summed E-state index contributed by atoms with van der Waals surface area (Å²) in [6.07, 6.45) is 0. The minimum absolute atomic E-state index is 0.0738. The Morgan fingerprint density at radius 1 is 1.41 bits per heavy atom. The second-order valence-corrected chi connectivity index (χ2v) is 8.99. The molecule has 1 aromatic heterocycles. The zero-order valence-corrected chi connectivity index (χ0v) is 15.6. The maximum atomic E-state index is 12.3. The number of thioether (sulfide) groups is 2. The summed E-state index contributed by atoms with van der Waals surface area (Å²) in [4.78, 5) is 12.3. The summed E-state index contributed by atoms with van der Waals surface area (Å²) in [5.74, 6) is 0.888. The number of aryl methyl sites for hydroxylation is 1. The van der Waals surface area contributed by atoms with Gasteiger partial charge in [-0.2, -0.15) is 0 Å². The Labute approximate surface area is 147 Å². The first kappa shape index (κ1) is 17.6. The van der Waals surface area contributed by atoms with E-state index in [1.54, 1.807) is 23.9 Å². The molecule has 0 radical (unpaired) electrons. The van der Waals surface area contributed by atoms with E-state index >= 15 is 0 Å². The van der Waals surface area contributed by atoms with Crippen LogP contribution in [0.4, 0.5) is 5.69 Å². The van der Waals surface area contributed by atoms with Gasteiger partial charge in [0.2, 0.25) is 5.91 Å². The molecule has 118 valence electrons. The van der Waals surface area contributed by atoms with Crippen LogP contribution >= 0.6 is 46.5 Å². The van der Waals surface area contributed by atoms with E-state index in [4.69, 9.17) is 11.6 Å². The standard InChI is InChI=1S/C14H16ClN3OS3/c1-4-20-13-17-18-14(22-13)21-9(3)12(19)16-11-7-10(15)6-5-8(11)2/h5-7,9H,4H2,1-3H3,(H,16,19)/t9-/m1/s1. The topological polar surface area (TPSA) is 54.9 Å². The molecular formula is C14H16ClN3OS3. The summed E-state index contributed by atoms with van der Waals surface area (Å²) in [7, 11) is 0. The Hall–Kier alpha value is -0.760. The van der Waals surface area contributed by atoms with Gasteiger partial charge in [-0.1, -0.05) is 59.5 Å². The van der Waals surface area contributed by atoms with E-state index in [0.717, 1.165) is 25.7 Å². The fourth-order valence-electron chi connectivity index (χ4n) is 1.59. The number of carbonyl (C=O) groups is 1. The second-order valence-electron chi connectivity index (χ2n) is 4.48. The number of benzene rings is 1. The number of anilines is 1. The molecule has 1 atom stereocenters. The average Bonchev–Trinajstić information content (AvgIpc) is 2.90. The maximum Gasteiger partial charge on any atom is 0.237 e. The van der Waals surface area contributed by atoms with Gasteiger partial charge in [0.15, 0.2) is 8.68 Å². The van der Waals surface area contributed by atoms with E-state index < -0.39 is 0 Å². The molecule has 0 saturated heterocycles. The molecule has 0 saturated carbocycles. The Bertz CT molecular complexity index is 663. The molecule has 8 heteroatoms. The van der Waals surface area contributed by atoms with Crippen molar-refractivity contribution in [2.45, 2.75) is 34.7 Å². The number of aromatic nitrogens is 2. The second kappa shape index (κ2) is 8.19. The Morgan fingerprint density at radius 2 is 2.14 bits per heavy atom. The summed E-state index contributed by atoms with van der Waals surface area (Å²) < 4.78 is 1.74. The third kappa shape index (κ3) is 4.87. The van der Waals surface area contributed by atoms with Gasteiger partial charge in [0, 0.05) is 10.7 Å². The first-order valence-corrected chi connectivity index (χ1v) is 9.75. The smallest absolute Gasteiger partial charge is 0.237 e. The van der Waals surface area contributed by atoms with Crippen molar-refractivity contribution < 1.29 is 4.79 Å². The number of hydrogen-bond acceptors (Lipinski definition) is 6. The van der Waals surface area contributed by atoms with Crippen LogP contribution in [0.25, 0.3) is 0 Å². The van der Waals surface area contributed by atoms with E-state index in [1.165, 1.54) is 23.1 Å². The summed E-state index contributed by atoms with van der Waals surface area (Å²) in [5.41, 5.74) is 1.72. The quantitative estimate of drug-likeness (QED) is 0.741. The van der Waals surface area contributed by atoms with Crippen molar-refractivity contribution in [1.82, 2.24) is 10.2 Å². The molecule has 22 heavy (non-hydrogen) atoms. The van der Waals surface area contributed by atoms with Crippen LogP contribution in [0.1, 0.15) is 19.4 Å². The van der Waals surface area contributed by atoms with Crippen LogP contribution in [0, 0.1) is 6.92 Å². The van der Waals surface area contributed by atoms with Crippen LogP contribution in [-0.4, -0.2) is 27.1 Å². The van der Waals surface area contributed by atoms with Gasteiger partial charge in [-0.25, -0.2) is 0 Å². The predicted octanol–water partition coefficient (Wildman–Crippen LogP) is 4.73. The highest BCUT2D eigenvalue weighted by Gasteiger charge is 2.18. The molecule has 0 bridgehead atoms. The lowest BCUT2D eigenvalue weighted by atomic mass is 10.2. The van der Waals surface area contributed by atoms with Gasteiger partial charge in [-0.05, 0) is 37.3 Å². The monoisotopic (exact) mass is 373 g/mol. The van der Waals surface area contributed by atoms with Gasteiger partial charge in [-0.3, -0.25) is 4.79 Å². The van der Waals surface area contributed by atoms with Crippen molar-refractivity contribution in [3.8, 4) is 0 Å². The zero-order chi connectivity index (χ0) is 16.1. The maximum absolute atomic E-state index is 12.3. The predicted molar refractivity (Wildman–Crippen MR) is 96.4 cm³/mol. The number of carbonyl (C=O) groups excluding carboxylic acids is 1. The van der Waals surface area contributed by atoms with Crippen LogP contribution in [0.15, 0.2) is 26.9 Å². The van der Waals surface area contributed by atoms with Crippen LogP contribution in [-0.2, 0) is 4.79 Å². The van der Waals surface area contributed by atoms with Crippen molar-refractivity contribution in [2.24, 2.45) is 0 Å². The van der Waals surface area contributed by atoms with Gasteiger partial charge in [0.05, 0.1) is 5.25 Å². The van der Waals surface area contributed by atoms with Crippen LogP contribution in [0.2, 0.25) is 5.02 Å². The van der Waals surface area contributed by atoms with Crippen molar-refractivity contribution in [3.05, 3.63) is 28.8 Å². The lowest BCUT2D eigenvalue weighted by molar-refractivity contribution is -0.115. The Kier molecular flexibility index (Phi) is 6.55. The zero-order valence-electron chi connectivity index (χ0n) is 12.4. The molecule has 1 aromatic carbocycles. The molecular weight excluding hydrogens is 358 g/mol. The number of rotatable bonds is 6. The number of hydrogen-bond donors (Lipinski definition) is 1. The highest BCUT2D eigenvalue weighted by molar-refractivity contribution is 8.03. The first-order chi connectivity index (χ1) is 10.5. The van der Waals surface area contributed by atoms with Gasteiger partial charge in [-0.15, -0.1) is 10.2 Å². The molecule has 0 aliphatic rings. The summed E-state index contributed by atoms with van der Waals surface area (Å²) >= 11 is 10.6. The minimum Gasteiger partial charge on any atom is -0.325 e. The van der Waals surface area contributed by atoms with E-state index in [0.29, 0.717) is 5.02 Å². The van der Waals surface area contributed by atoms with Crippen LogP contribution in [0.3, 0.4) is 0 Å². The van der Waals surface area contributed by atoms with E-state index in [-0.39, 0.29) is 11.2 Å². The van der Waals surface area contributed by atoms with E-state index in [2.05, 4.69) is 22.4 Å². The summed E-state index contributed by atoms with van der Waals surface area (Å²) in [6.45, 7) is 5.86. The number of nitrogens with one attached hydrogen (secondary N) is 1. The fraction of sp³-hybridized carbons (Fsp3) is 0.357. The highest BCUT2D eigenvalue weighted by Crippen LogP contribution is 2.31. The van der Waals surface area contributed by atoms with E-state index in [1.807, 2.05) is 19.9 Å². The molecule has 4 nitrogen and oxygen atoms in total. The van der Waals surface area contributed by atoms with Crippen LogP contribution < -0.4 is 5.32 Å². The molecule has 2 aromatic rings. The SMILES string of the molecule is CCSc1nnc(S[C@H](C)C(=O)Nc2cc(Cl)ccc2C)s1.